The molecule has 0 N–H and O–H groups in total. The van der Waals surface area contributed by atoms with E-state index in [2.05, 4.69) is 4.99 Å². The lowest BCUT2D eigenvalue weighted by molar-refractivity contribution is 0.0131. The van der Waals surface area contributed by atoms with E-state index in [0.29, 0.717) is 16.8 Å². The number of hydrogen-bond acceptors (Lipinski definition) is 2. The van der Waals surface area contributed by atoms with Gasteiger partial charge in [-0.2, -0.15) is 4.99 Å². The van der Waals surface area contributed by atoms with E-state index in [-0.39, 0.29) is 12.8 Å². The van der Waals surface area contributed by atoms with Crippen molar-refractivity contribution in [3.05, 3.63) is 28.3 Å². The van der Waals surface area contributed by atoms with Crippen LogP contribution in [0.25, 0.3) is 0 Å². The lowest BCUT2D eigenvalue weighted by Gasteiger charge is -2.08. The van der Waals surface area contributed by atoms with Gasteiger partial charge in [0.15, 0.2) is 0 Å². The van der Waals surface area contributed by atoms with Crippen molar-refractivity contribution < 1.29 is 13.6 Å². The summed E-state index contributed by atoms with van der Waals surface area (Å²) in [5.41, 5.74) is 3.74. The lowest BCUT2D eigenvalue weighted by Crippen LogP contribution is -2.14. The van der Waals surface area contributed by atoms with E-state index in [1.54, 1.807) is 0 Å². The van der Waals surface area contributed by atoms with Crippen LogP contribution in [0.5, 0.6) is 0 Å². The molecule has 0 amide bonds. The number of isocyanates is 1. The molecule has 2 nitrogen and oxygen atoms in total. The molecule has 2 aliphatic rings. The molecule has 4 heteroatoms. The number of aliphatic imine (C=N–C) groups is 1. The summed E-state index contributed by atoms with van der Waals surface area (Å²) < 4.78 is 26.8. The molecule has 0 aliphatic heterocycles. The van der Waals surface area contributed by atoms with Crippen LogP contribution in [0, 0.1) is 0 Å². The number of benzene rings is 1. The van der Waals surface area contributed by atoms with Gasteiger partial charge in [-0.3, -0.25) is 0 Å². The number of aryl methyl sites for hydroxylation is 1. The topological polar surface area (TPSA) is 29.4 Å². The third-order valence-electron chi connectivity index (χ3n) is 3.61. The van der Waals surface area contributed by atoms with Crippen molar-refractivity contribution in [3.63, 3.8) is 0 Å². The molecule has 3 rings (SSSR count). The molecule has 0 heterocycles. The van der Waals surface area contributed by atoms with Gasteiger partial charge in [0.25, 0.3) is 5.92 Å². The average molecular weight is 235 g/mol. The molecule has 0 spiro atoms. The zero-order chi connectivity index (χ0) is 12.0. The van der Waals surface area contributed by atoms with Crippen LogP contribution in [0.2, 0.25) is 0 Å². The molecule has 0 atom stereocenters. The van der Waals surface area contributed by atoms with Crippen LogP contribution in [0.15, 0.2) is 11.1 Å². The van der Waals surface area contributed by atoms with Gasteiger partial charge in [-0.25, -0.2) is 13.6 Å². The minimum absolute atomic E-state index is 0.225. The average Bonchev–Trinajstić information content (AvgIpc) is 2.80. The Kier molecular flexibility index (Phi) is 2.17. The van der Waals surface area contributed by atoms with Crippen LogP contribution in [-0.4, -0.2) is 12.0 Å². The van der Waals surface area contributed by atoms with Gasteiger partial charge >= 0.3 is 0 Å². The maximum atomic E-state index is 13.4. The van der Waals surface area contributed by atoms with Crippen LogP contribution in [0.3, 0.4) is 0 Å². The van der Waals surface area contributed by atoms with Gasteiger partial charge in [-0.05, 0) is 41.5 Å². The van der Waals surface area contributed by atoms with Crippen molar-refractivity contribution in [2.45, 2.75) is 38.0 Å². The van der Waals surface area contributed by atoms with Crippen molar-refractivity contribution in [1.29, 1.82) is 0 Å². The van der Waals surface area contributed by atoms with Crippen LogP contribution in [0.4, 0.5) is 14.5 Å². The number of carbonyl (C=O) groups excluding carboxylic acids is 1. The van der Waals surface area contributed by atoms with Crippen LogP contribution >= 0.6 is 0 Å². The maximum absolute atomic E-state index is 13.4. The Labute approximate surface area is 97.4 Å². The highest BCUT2D eigenvalue weighted by molar-refractivity contribution is 5.66. The predicted molar refractivity (Wildman–Crippen MR) is 58.6 cm³/mol. The summed E-state index contributed by atoms with van der Waals surface area (Å²) in [6, 6.07) is 1.88. The highest BCUT2D eigenvalue weighted by atomic mass is 19.3. The Morgan fingerprint density at radius 2 is 2.00 bits per heavy atom. The fraction of sp³-hybridized carbons (Fsp3) is 0.462. The van der Waals surface area contributed by atoms with Crippen LogP contribution < -0.4 is 0 Å². The van der Waals surface area contributed by atoms with Gasteiger partial charge in [0.1, 0.15) is 0 Å². The quantitative estimate of drug-likeness (QED) is 0.543. The summed E-state index contributed by atoms with van der Waals surface area (Å²) in [6.45, 7) is 0. The van der Waals surface area contributed by atoms with Gasteiger partial charge in [0, 0.05) is 12.8 Å². The Bertz CT molecular complexity index is 545. The summed E-state index contributed by atoms with van der Waals surface area (Å²) in [7, 11) is 0. The molecule has 0 aromatic heterocycles. The standard InChI is InChI=1S/C13H11F2NO/c14-13(15)5-9-4-8-2-1-3-10(8)12(16-7-17)11(9)6-13/h4H,1-3,5-6H2. The molecule has 0 bridgehead atoms. The van der Waals surface area contributed by atoms with Crippen LogP contribution in [0.1, 0.15) is 28.7 Å². The number of halogens is 2. The van der Waals surface area contributed by atoms with Crippen molar-refractivity contribution in [2.24, 2.45) is 4.99 Å². The molecular weight excluding hydrogens is 224 g/mol. The van der Waals surface area contributed by atoms with Crippen molar-refractivity contribution in [1.82, 2.24) is 0 Å². The summed E-state index contributed by atoms with van der Waals surface area (Å²) in [5.74, 6) is -2.69. The first-order valence-corrected chi connectivity index (χ1v) is 5.73. The molecular formula is C13H11F2NO. The van der Waals surface area contributed by atoms with Crippen molar-refractivity contribution in [3.8, 4) is 0 Å². The number of nitrogens with zero attached hydrogens (tertiary/aromatic N) is 1. The molecule has 17 heavy (non-hydrogen) atoms. The highest BCUT2D eigenvalue weighted by Crippen LogP contribution is 2.44. The number of fused-ring (bicyclic) bond motifs is 2. The molecule has 1 aromatic rings. The summed E-state index contributed by atoms with van der Waals surface area (Å²) >= 11 is 0. The summed E-state index contributed by atoms with van der Waals surface area (Å²) in [5, 5.41) is 0. The predicted octanol–water partition coefficient (Wildman–Crippen LogP) is 2.88. The molecule has 0 saturated heterocycles. The summed E-state index contributed by atoms with van der Waals surface area (Å²) in [4.78, 5) is 14.1. The van der Waals surface area contributed by atoms with Gasteiger partial charge in [-0.1, -0.05) is 6.07 Å². The van der Waals surface area contributed by atoms with Gasteiger partial charge < -0.3 is 0 Å². The SMILES string of the molecule is O=C=Nc1c2c(cc3c1CC(F)(F)C3)CCC2. The van der Waals surface area contributed by atoms with E-state index < -0.39 is 5.92 Å². The van der Waals surface area contributed by atoms with Crippen molar-refractivity contribution in [2.75, 3.05) is 0 Å². The van der Waals surface area contributed by atoms with Crippen molar-refractivity contribution >= 4 is 11.8 Å². The Hall–Kier alpha value is -1.54. The van der Waals surface area contributed by atoms with E-state index >= 15 is 0 Å². The van der Waals surface area contributed by atoms with Gasteiger partial charge in [-0.15, -0.1) is 0 Å². The molecule has 88 valence electrons. The Balaban J connectivity index is 2.23. The highest BCUT2D eigenvalue weighted by Gasteiger charge is 2.40. The third kappa shape index (κ3) is 1.60. The second-order valence-electron chi connectivity index (χ2n) is 4.77. The van der Waals surface area contributed by atoms with Gasteiger partial charge in [0.05, 0.1) is 5.69 Å². The van der Waals surface area contributed by atoms with E-state index in [4.69, 9.17) is 0 Å². The van der Waals surface area contributed by atoms with E-state index in [1.165, 1.54) is 6.08 Å². The Morgan fingerprint density at radius 3 is 2.76 bits per heavy atom. The van der Waals surface area contributed by atoms with E-state index in [1.807, 2.05) is 6.07 Å². The zero-order valence-corrected chi connectivity index (χ0v) is 9.22. The fourth-order valence-electron chi connectivity index (χ4n) is 2.96. The molecule has 2 aliphatic carbocycles. The first-order valence-electron chi connectivity index (χ1n) is 5.73. The normalized spacial score (nSPS) is 19.6. The second-order valence-corrected chi connectivity index (χ2v) is 4.77. The van der Waals surface area contributed by atoms with Crippen LogP contribution in [-0.2, 0) is 30.5 Å². The maximum Gasteiger partial charge on any atom is 0.256 e. The first kappa shape index (κ1) is 10.6. The zero-order valence-electron chi connectivity index (χ0n) is 9.22. The molecule has 0 radical (unpaired) electrons. The second kappa shape index (κ2) is 3.47. The lowest BCUT2D eigenvalue weighted by atomic mass is 9.99. The monoisotopic (exact) mass is 235 g/mol. The number of hydrogen-bond donors (Lipinski definition) is 0. The molecule has 1 aromatic carbocycles. The van der Waals surface area contributed by atoms with E-state index in [0.717, 1.165) is 30.4 Å². The molecule has 0 fully saturated rings. The minimum Gasteiger partial charge on any atom is -0.211 e. The van der Waals surface area contributed by atoms with Gasteiger partial charge in [0.2, 0.25) is 6.08 Å². The third-order valence-corrected chi connectivity index (χ3v) is 3.61. The first-order chi connectivity index (χ1) is 8.11. The molecule has 0 saturated carbocycles. The van der Waals surface area contributed by atoms with E-state index in [9.17, 15) is 13.6 Å². The smallest absolute Gasteiger partial charge is 0.211 e. The number of rotatable bonds is 1. The summed E-state index contributed by atoms with van der Waals surface area (Å²) in [6.07, 6.45) is 3.72. The Morgan fingerprint density at radius 1 is 1.18 bits per heavy atom. The number of alkyl halides is 2. The molecule has 0 unspecified atom stereocenters. The largest absolute Gasteiger partial charge is 0.256 e. The minimum atomic E-state index is -2.69. The fourth-order valence-corrected chi connectivity index (χ4v) is 2.96.